The second-order valence-electron chi connectivity index (χ2n) is 3.75. The lowest BCUT2D eigenvalue weighted by Gasteiger charge is -2.12. The van der Waals surface area contributed by atoms with E-state index in [4.69, 9.17) is 5.26 Å². The molecule has 0 saturated heterocycles. The number of H-pyrrole nitrogens is 1. The van der Waals surface area contributed by atoms with Crippen LogP contribution in [0, 0.1) is 11.3 Å². The number of hydrogen-bond acceptors (Lipinski definition) is 4. The fraction of sp³-hybridized carbons (Fsp3) is 0.0833. The lowest BCUT2D eigenvalue weighted by molar-refractivity contribution is -0.0493. The lowest BCUT2D eigenvalue weighted by atomic mass is 10.2. The molecule has 21 heavy (non-hydrogen) atoms. The normalized spacial score (nSPS) is 10.0. The fourth-order valence-corrected chi connectivity index (χ4v) is 1.50. The van der Waals surface area contributed by atoms with Crippen molar-refractivity contribution in [2.45, 2.75) is 6.61 Å². The van der Waals surface area contributed by atoms with Gasteiger partial charge in [-0.15, -0.1) is 0 Å². The summed E-state index contributed by atoms with van der Waals surface area (Å²) in [4.78, 5) is 11.7. The zero-order chi connectivity index (χ0) is 15.2. The Balaban J connectivity index is 2.16. The number of hydrogen-bond donors (Lipinski definition) is 3. The van der Waals surface area contributed by atoms with Gasteiger partial charge in [-0.2, -0.15) is 19.1 Å². The number of alkyl halides is 2. The summed E-state index contributed by atoms with van der Waals surface area (Å²) in [7, 11) is 0. The van der Waals surface area contributed by atoms with Crippen LogP contribution in [0.15, 0.2) is 30.5 Å². The number of rotatable bonds is 4. The van der Waals surface area contributed by atoms with Gasteiger partial charge in [0.2, 0.25) is 0 Å². The Morgan fingerprint density at radius 1 is 1.38 bits per heavy atom. The predicted octanol–water partition coefficient (Wildman–Crippen LogP) is 2.53. The molecule has 0 saturated carbocycles. The number of nitrogens with one attached hydrogen (secondary N) is 3. The molecule has 3 N–H and O–H groups in total. The molecule has 0 atom stereocenters. The number of aromatic nitrogens is 2. The maximum atomic E-state index is 12.3. The predicted molar refractivity (Wildman–Crippen MR) is 69.0 cm³/mol. The molecule has 9 heteroatoms. The number of amides is 2. The highest BCUT2D eigenvalue weighted by atomic mass is 19.3. The minimum atomic E-state index is -3.05. The number of carbonyl (C=O) groups excluding carboxylic acids is 1. The Labute approximate surface area is 117 Å². The minimum Gasteiger partial charge on any atom is -0.433 e. The topological polar surface area (TPSA) is 103 Å². The summed E-state index contributed by atoms with van der Waals surface area (Å²) in [5.74, 6) is 0.0732. The number of aromatic amines is 1. The van der Waals surface area contributed by atoms with Crippen LogP contribution in [0.1, 0.15) is 5.56 Å². The second kappa shape index (κ2) is 6.33. The molecule has 0 aliphatic heterocycles. The Morgan fingerprint density at radius 2 is 2.19 bits per heavy atom. The molecule has 108 valence electrons. The zero-order valence-electron chi connectivity index (χ0n) is 10.4. The van der Waals surface area contributed by atoms with E-state index in [0.29, 0.717) is 5.82 Å². The van der Waals surface area contributed by atoms with Gasteiger partial charge < -0.3 is 10.1 Å². The van der Waals surface area contributed by atoms with E-state index < -0.39 is 12.6 Å². The molecule has 2 rings (SSSR count). The third-order valence-electron chi connectivity index (χ3n) is 2.32. The fourth-order valence-electron chi connectivity index (χ4n) is 1.50. The van der Waals surface area contributed by atoms with E-state index in [-0.39, 0.29) is 17.0 Å². The molecule has 1 heterocycles. The van der Waals surface area contributed by atoms with Crippen molar-refractivity contribution in [2.24, 2.45) is 0 Å². The number of halogens is 2. The van der Waals surface area contributed by atoms with Crippen LogP contribution in [0.4, 0.5) is 25.1 Å². The van der Waals surface area contributed by atoms with Gasteiger partial charge in [-0.05, 0) is 18.2 Å². The SMILES string of the molecule is N#Cc1ccc(OC(F)F)c(NC(=O)Nc2ccn[nH]2)c1. The molecule has 0 aliphatic carbocycles. The molecule has 7 nitrogen and oxygen atoms in total. The highest BCUT2D eigenvalue weighted by Crippen LogP contribution is 2.27. The van der Waals surface area contributed by atoms with E-state index in [2.05, 4.69) is 25.6 Å². The van der Waals surface area contributed by atoms with Crippen molar-refractivity contribution in [3.05, 3.63) is 36.0 Å². The standard InChI is InChI=1S/C12H9F2N5O2/c13-11(14)21-9-2-1-7(6-15)5-8(9)17-12(20)18-10-3-4-16-19-10/h1-5,11H,(H3,16,17,18,19,20). The molecule has 1 aromatic heterocycles. The van der Waals surface area contributed by atoms with Crippen LogP contribution in [0.2, 0.25) is 0 Å². The van der Waals surface area contributed by atoms with E-state index in [1.807, 2.05) is 6.07 Å². The van der Waals surface area contributed by atoms with Crippen molar-refractivity contribution in [1.29, 1.82) is 5.26 Å². The van der Waals surface area contributed by atoms with Crippen LogP contribution < -0.4 is 15.4 Å². The van der Waals surface area contributed by atoms with Gasteiger partial charge in [-0.3, -0.25) is 10.4 Å². The van der Waals surface area contributed by atoms with Crippen LogP contribution in [-0.4, -0.2) is 22.8 Å². The molecule has 0 bridgehead atoms. The van der Waals surface area contributed by atoms with Crippen molar-refractivity contribution in [2.75, 3.05) is 10.6 Å². The third kappa shape index (κ3) is 3.90. The summed E-state index contributed by atoms with van der Waals surface area (Å²) in [6.07, 6.45) is 1.43. The number of carbonyl (C=O) groups is 1. The summed E-state index contributed by atoms with van der Waals surface area (Å²) in [5, 5.41) is 19.6. The van der Waals surface area contributed by atoms with Crippen LogP contribution >= 0.6 is 0 Å². The maximum Gasteiger partial charge on any atom is 0.387 e. The Hall–Kier alpha value is -3.15. The van der Waals surface area contributed by atoms with Crippen molar-refractivity contribution >= 4 is 17.5 Å². The highest BCUT2D eigenvalue weighted by Gasteiger charge is 2.13. The van der Waals surface area contributed by atoms with Crippen molar-refractivity contribution in [3.63, 3.8) is 0 Å². The van der Waals surface area contributed by atoms with Gasteiger partial charge in [0.1, 0.15) is 11.6 Å². The number of anilines is 2. The molecule has 0 spiro atoms. The van der Waals surface area contributed by atoms with E-state index in [0.717, 1.165) is 0 Å². The van der Waals surface area contributed by atoms with E-state index >= 15 is 0 Å². The van der Waals surface area contributed by atoms with Crippen molar-refractivity contribution in [3.8, 4) is 11.8 Å². The lowest BCUT2D eigenvalue weighted by Crippen LogP contribution is -2.20. The monoisotopic (exact) mass is 293 g/mol. The molecular formula is C12H9F2N5O2. The summed E-state index contributed by atoms with van der Waals surface area (Å²) in [5.41, 5.74) is 0.139. The van der Waals surface area contributed by atoms with Crippen LogP contribution in [-0.2, 0) is 0 Å². The van der Waals surface area contributed by atoms with Gasteiger partial charge in [0.25, 0.3) is 0 Å². The van der Waals surface area contributed by atoms with Gasteiger partial charge >= 0.3 is 12.6 Å². The molecule has 0 radical (unpaired) electrons. The largest absolute Gasteiger partial charge is 0.433 e. The third-order valence-corrected chi connectivity index (χ3v) is 2.32. The first-order valence-electron chi connectivity index (χ1n) is 5.65. The maximum absolute atomic E-state index is 12.3. The summed E-state index contributed by atoms with van der Waals surface area (Å²) in [6.45, 7) is -3.05. The van der Waals surface area contributed by atoms with E-state index in [9.17, 15) is 13.6 Å². The summed E-state index contributed by atoms with van der Waals surface area (Å²) in [6, 6.07) is 6.34. The molecule has 2 amide bonds. The first kappa shape index (κ1) is 14.3. The Bertz CT molecular complexity index is 667. The average molecular weight is 293 g/mol. The molecular weight excluding hydrogens is 284 g/mol. The molecule has 0 aliphatic rings. The quantitative estimate of drug-likeness (QED) is 0.805. The summed E-state index contributed by atoms with van der Waals surface area (Å²) >= 11 is 0. The number of ether oxygens (including phenoxy) is 1. The molecule has 0 unspecified atom stereocenters. The number of urea groups is 1. The smallest absolute Gasteiger partial charge is 0.387 e. The summed E-state index contributed by atoms with van der Waals surface area (Å²) < 4.78 is 28.9. The van der Waals surface area contributed by atoms with Gasteiger partial charge in [-0.25, -0.2) is 4.79 Å². The molecule has 2 aromatic rings. The highest BCUT2D eigenvalue weighted by molar-refractivity contribution is 6.00. The number of benzene rings is 1. The zero-order valence-corrected chi connectivity index (χ0v) is 10.4. The van der Waals surface area contributed by atoms with E-state index in [1.54, 1.807) is 0 Å². The minimum absolute atomic E-state index is 0.0497. The molecule has 1 aromatic carbocycles. The first-order chi connectivity index (χ1) is 10.1. The van der Waals surface area contributed by atoms with Crippen LogP contribution in [0.3, 0.4) is 0 Å². The Kier molecular flexibility index (Phi) is 4.30. The van der Waals surface area contributed by atoms with Gasteiger partial charge in [0, 0.05) is 6.07 Å². The second-order valence-corrected chi connectivity index (χ2v) is 3.75. The number of nitriles is 1. The van der Waals surface area contributed by atoms with Gasteiger partial charge in [-0.1, -0.05) is 0 Å². The Morgan fingerprint density at radius 3 is 2.81 bits per heavy atom. The van der Waals surface area contributed by atoms with Gasteiger partial charge in [0.15, 0.2) is 0 Å². The average Bonchev–Trinajstić information content (AvgIpc) is 2.93. The van der Waals surface area contributed by atoms with Crippen molar-refractivity contribution < 1.29 is 18.3 Å². The number of nitrogens with zero attached hydrogens (tertiary/aromatic N) is 2. The molecule has 0 fully saturated rings. The van der Waals surface area contributed by atoms with E-state index in [1.165, 1.54) is 30.5 Å². The van der Waals surface area contributed by atoms with Crippen LogP contribution in [0.5, 0.6) is 5.75 Å². The van der Waals surface area contributed by atoms with Crippen molar-refractivity contribution in [1.82, 2.24) is 10.2 Å². The first-order valence-corrected chi connectivity index (χ1v) is 5.65. The van der Waals surface area contributed by atoms with Crippen LogP contribution in [0.25, 0.3) is 0 Å². The van der Waals surface area contributed by atoms with Gasteiger partial charge in [0.05, 0.1) is 23.5 Å².